The van der Waals surface area contributed by atoms with Gasteiger partial charge in [-0.05, 0) is 19.8 Å². The third-order valence-electron chi connectivity index (χ3n) is 2.65. The van der Waals surface area contributed by atoms with E-state index in [2.05, 4.69) is 10.1 Å². The van der Waals surface area contributed by atoms with E-state index in [1.165, 1.54) is 7.11 Å². The number of nitrogens with one attached hydrogen (secondary N) is 1. The van der Waals surface area contributed by atoms with Crippen LogP contribution in [0, 0.1) is 0 Å². The molecule has 0 aromatic heterocycles. The van der Waals surface area contributed by atoms with Crippen LogP contribution >= 0.6 is 0 Å². The molecule has 0 saturated heterocycles. The van der Waals surface area contributed by atoms with Crippen LogP contribution < -0.4 is 5.32 Å². The minimum absolute atomic E-state index is 0.323. The number of amides is 1. The number of carbonyl (C=O) groups is 2. The third kappa shape index (κ3) is 2.61. The average molecular weight is 215 g/mol. The first-order chi connectivity index (χ1) is 7.14. The first-order valence-corrected chi connectivity index (χ1v) is 5.18. The Labute approximate surface area is 89.1 Å². The minimum atomic E-state index is -0.858. The molecule has 0 unspecified atom stereocenters. The van der Waals surface area contributed by atoms with Gasteiger partial charge in [0.05, 0.1) is 13.7 Å². The molecule has 0 aromatic carbocycles. The number of rotatable bonds is 3. The van der Waals surface area contributed by atoms with Crippen LogP contribution in [-0.4, -0.2) is 31.3 Å². The molecule has 5 heteroatoms. The molecule has 0 heterocycles. The van der Waals surface area contributed by atoms with E-state index in [1.54, 1.807) is 6.92 Å². The molecule has 5 nitrogen and oxygen atoms in total. The van der Waals surface area contributed by atoms with Gasteiger partial charge in [-0.3, -0.25) is 0 Å². The van der Waals surface area contributed by atoms with Gasteiger partial charge in [0, 0.05) is 0 Å². The Morgan fingerprint density at radius 1 is 1.33 bits per heavy atom. The lowest BCUT2D eigenvalue weighted by molar-refractivity contribution is -0.150. The van der Waals surface area contributed by atoms with Crippen LogP contribution in [-0.2, 0) is 14.3 Å². The second-order valence-electron chi connectivity index (χ2n) is 3.63. The van der Waals surface area contributed by atoms with E-state index in [0.29, 0.717) is 19.4 Å². The summed E-state index contributed by atoms with van der Waals surface area (Å²) >= 11 is 0. The van der Waals surface area contributed by atoms with Gasteiger partial charge < -0.3 is 14.8 Å². The number of hydrogen-bond acceptors (Lipinski definition) is 4. The zero-order chi connectivity index (χ0) is 11.3. The van der Waals surface area contributed by atoms with Gasteiger partial charge in [0.1, 0.15) is 5.54 Å². The molecule has 86 valence electrons. The lowest BCUT2D eigenvalue weighted by atomic mass is 9.98. The first kappa shape index (κ1) is 11.8. The molecule has 0 spiro atoms. The Balaban J connectivity index is 2.69. The monoisotopic (exact) mass is 215 g/mol. The molecule has 1 aliphatic carbocycles. The van der Waals surface area contributed by atoms with E-state index in [0.717, 1.165) is 12.8 Å². The Kier molecular flexibility index (Phi) is 3.94. The van der Waals surface area contributed by atoms with Crippen molar-refractivity contribution in [1.82, 2.24) is 5.32 Å². The summed E-state index contributed by atoms with van der Waals surface area (Å²) in [5.74, 6) is -0.354. The highest BCUT2D eigenvalue weighted by molar-refractivity contribution is 5.86. The van der Waals surface area contributed by atoms with Gasteiger partial charge in [0.15, 0.2) is 0 Å². The molecule has 1 N–H and O–H groups in total. The normalized spacial score (nSPS) is 18.3. The summed E-state index contributed by atoms with van der Waals surface area (Å²) in [5, 5.41) is 2.59. The summed E-state index contributed by atoms with van der Waals surface area (Å²) in [6, 6.07) is 0. The third-order valence-corrected chi connectivity index (χ3v) is 2.65. The second-order valence-corrected chi connectivity index (χ2v) is 3.63. The minimum Gasteiger partial charge on any atom is -0.464 e. The van der Waals surface area contributed by atoms with Crippen LogP contribution in [0.4, 0.5) is 4.79 Å². The fourth-order valence-corrected chi connectivity index (χ4v) is 1.87. The van der Waals surface area contributed by atoms with Crippen molar-refractivity contribution < 1.29 is 19.1 Å². The van der Waals surface area contributed by atoms with Crippen molar-refractivity contribution in [2.45, 2.75) is 38.1 Å². The maximum atomic E-state index is 11.7. The van der Waals surface area contributed by atoms with E-state index < -0.39 is 11.6 Å². The van der Waals surface area contributed by atoms with Gasteiger partial charge in [-0.15, -0.1) is 0 Å². The number of carbonyl (C=O) groups excluding carboxylic acids is 2. The highest BCUT2D eigenvalue weighted by Crippen LogP contribution is 2.30. The van der Waals surface area contributed by atoms with E-state index in [4.69, 9.17) is 4.74 Å². The number of esters is 1. The molecule has 1 aliphatic rings. The maximum Gasteiger partial charge on any atom is 0.407 e. The highest BCUT2D eigenvalue weighted by atomic mass is 16.5. The fourth-order valence-electron chi connectivity index (χ4n) is 1.87. The Hall–Kier alpha value is -1.26. The zero-order valence-electron chi connectivity index (χ0n) is 9.17. The number of alkyl carbamates (subject to hydrolysis) is 1. The fraction of sp³-hybridized carbons (Fsp3) is 0.800. The molecule has 15 heavy (non-hydrogen) atoms. The van der Waals surface area contributed by atoms with E-state index >= 15 is 0 Å². The molecular formula is C10H17NO4. The van der Waals surface area contributed by atoms with Gasteiger partial charge in [-0.1, -0.05) is 12.8 Å². The average Bonchev–Trinajstić information content (AvgIpc) is 2.68. The smallest absolute Gasteiger partial charge is 0.407 e. The molecule has 0 atom stereocenters. The van der Waals surface area contributed by atoms with E-state index in [9.17, 15) is 9.59 Å². The van der Waals surface area contributed by atoms with Crippen molar-refractivity contribution in [2.75, 3.05) is 13.7 Å². The molecule has 1 saturated carbocycles. The van der Waals surface area contributed by atoms with Crippen LogP contribution in [0.2, 0.25) is 0 Å². The molecule has 1 amide bonds. The van der Waals surface area contributed by atoms with Crippen molar-refractivity contribution >= 4 is 12.1 Å². The van der Waals surface area contributed by atoms with Crippen molar-refractivity contribution in [3.05, 3.63) is 0 Å². The van der Waals surface area contributed by atoms with Gasteiger partial charge >= 0.3 is 12.1 Å². The van der Waals surface area contributed by atoms with Gasteiger partial charge in [-0.25, -0.2) is 9.59 Å². The predicted octanol–water partition coefficient (Wildman–Crippen LogP) is 1.22. The van der Waals surface area contributed by atoms with Gasteiger partial charge in [-0.2, -0.15) is 0 Å². The maximum absolute atomic E-state index is 11.7. The van der Waals surface area contributed by atoms with Gasteiger partial charge in [0.2, 0.25) is 0 Å². The van der Waals surface area contributed by atoms with E-state index in [-0.39, 0.29) is 5.97 Å². The summed E-state index contributed by atoms with van der Waals surface area (Å²) < 4.78 is 9.47. The Bertz CT molecular complexity index is 246. The molecule has 1 fully saturated rings. The topological polar surface area (TPSA) is 64.6 Å². The quantitative estimate of drug-likeness (QED) is 0.719. The van der Waals surface area contributed by atoms with Crippen molar-refractivity contribution in [1.29, 1.82) is 0 Å². The largest absolute Gasteiger partial charge is 0.464 e. The number of hydrogen-bond donors (Lipinski definition) is 1. The standard InChI is InChI=1S/C10H17NO4/c1-3-15-8(12)10(6-4-5-7-10)11-9(13)14-2/h3-7H2,1-2H3,(H,11,13). The molecular weight excluding hydrogens is 198 g/mol. The van der Waals surface area contributed by atoms with Crippen molar-refractivity contribution in [3.63, 3.8) is 0 Å². The van der Waals surface area contributed by atoms with Crippen LogP contribution in [0.25, 0.3) is 0 Å². The number of methoxy groups -OCH3 is 1. The Morgan fingerprint density at radius 2 is 1.93 bits per heavy atom. The first-order valence-electron chi connectivity index (χ1n) is 5.18. The summed E-state index contributed by atoms with van der Waals surface area (Å²) in [6.07, 6.45) is 2.51. The molecule has 0 radical (unpaired) electrons. The lowest BCUT2D eigenvalue weighted by Gasteiger charge is -2.26. The highest BCUT2D eigenvalue weighted by Gasteiger charge is 2.44. The van der Waals surface area contributed by atoms with Crippen LogP contribution in [0.15, 0.2) is 0 Å². The summed E-state index contributed by atoms with van der Waals surface area (Å²) in [6.45, 7) is 2.07. The SMILES string of the molecule is CCOC(=O)C1(NC(=O)OC)CCCC1. The van der Waals surface area contributed by atoms with E-state index in [1.807, 2.05) is 0 Å². The van der Waals surface area contributed by atoms with Crippen LogP contribution in [0.1, 0.15) is 32.6 Å². The zero-order valence-corrected chi connectivity index (χ0v) is 9.17. The van der Waals surface area contributed by atoms with Gasteiger partial charge in [0.25, 0.3) is 0 Å². The molecule has 0 bridgehead atoms. The molecule has 1 rings (SSSR count). The summed E-state index contributed by atoms with van der Waals surface area (Å²) in [7, 11) is 1.28. The van der Waals surface area contributed by atoms with Crippen LogP contribution in [0.5, 0.6) is 0 Å². The lowest BCUT2D eigenvalue weighted by Crippen LogP contribution is -2.53. The summed E-state index contributed by atoms with van der Waals surface area (Å²) in [4.78, 5) is 22.9. The summed E-state index contributed by atoms with van der Waals surface area (Å²) in [5.41, 5.74) is -0.858. The predicted molar refractivity (Wildman–Crippen MR) is 53.4 cm³/mol. The second kappa shape index (κ2) is 5.00. The number of ether oxygens (including phenoxy) is 2. The van der Waals surface area contributed by atoms with Crippen molar-refractivity contribution in [2.24, 2.45) is 0 Å². The van der Waals surface area contributed by atoms with Crippen molar-refractivity contribution in [3.8, 4) is 0 Å². The molecule has 0 aromatic rings. The van der Waals surface area contributed by atoms with Crippen LogP contribution in [0.3, 0.4) is 0 Å². The Morgan fingerprint density at radius 3 is 2.40 bits per heavy atom. The molecule has 0 aliphatic heterocycles.